The van der Waals surface area contributed by atoms with E-state index in [-0.39, 0.29) is 0 Å². The van der Waals surface area contributed by atoms with Crippen molar-refractivity contribution in [2.24, 2.45) is 5.73 Å². The van der Waals surface area contributed by atoms with Crippen molar-refractivity contribution in [2.75, 3.05) is 29.9 Å². The Labute approximate surface area is 112 Å². The van der Waals surface area contributed by atoms with Crippen molar-refractivity contribution in [3.63, 3.8) is 0 Å². The molecule has 0 saturated heterocycles. The number of hydrogen-bond donors (Lipinski definition) is 2. The molecule has 0 fully saturated rings. The largest absolute Gasteiger partial charge is 0.368 e. The number of nitrogens with two attached hydrogens (primary N) is 1. The molecule has 0 atom stereocenters. The second-order valence-electron chi connectivity index (χ2n) is 3.22. The van der Waals surface area contributed by atoms with E-state index in [9.17, 15) is 0 Å². The van der Waals surface area contributed by atoms with Gasteiger partial charge in [0.05, 0.1) is 10.2 Å². The normalized spacial score (nSPS) is 10.9. The second-order valence-corrected chi connectivity index (χ2v) is 6.83. The zero-order valence-electron chi connectivity index (χ0n) is 9.26. The summed E-state index contributed by atoms with van der Waals surface area (Å²) >= 11 is 1.67. The van der Waals surface area contributed by atoms with Gasteiger partial charge in [0.15, 0.2) is 0 Å². The molecule has 2 aromatic rings. The number of hydrogen-bond acceptors (Lipinski definition) is 7. The van der Waals surface area contributed by atoms with E-state index in [4.69, 9.17) is 5.73 Å². The number of thiophene rings is 1. The van der Waals surface area contributed by atoms with Crippen LogP contribution in [0, 0.1) is 0 Å². The Balaban J connectivity index is 1.80. The Bertz CT molecular complexity index is 460. The molecule has 0 aromatic carbocycles. The average molecular weight is 286 g/mol. The third-order valence-corrected chi connectivity index (χ3v) is 5.36. The van der Waals surface area contributed by atoms with Gasteiger partial charge in [0.25, 0.3) is 0 Å². The highest BCUT2D eigenvalue weighted by molar-refractivity contribution is 8.76. The van der Waals surface area contributed by atoms with Gasteiger partial charge in [-0.1, -0.05) is 21.6 Å². The van der Waals surface area contributed by atoms with Crippen LogP contribution in [0.1, 0.15) is 0 Å². The van der Waals surface area contributed by atoms with Crippen LogP contribution >= 0.6 is 32.9 Å². The van der Waals surface area contributed by atoms with Crippen LogP contribution in [0.15, 0.2) is 17.8 Å². The molecule has 0 aliphatic heterocycles. The smallest absolute Gasteiger partial charge is 0.147 e. The number of aromatic nitrogens is 2. The molecular weight excluding hydrogens is 272 g/mol. The fourth-order valence-corrected chi connectivity index (χ4v) is 3.87. The summed E-state index contributed by atoms with van der Waals surface area (Å²) in [6.45, 7) is 1.65. The first-order valence-corrected chi connectivity index (χ1v) is 8.65. The lowest BCUT2D eigenvalue weighted by atomic mass is 10.4. The first-order chi connectivity index (χ1) is 8.42. The molecule has 2 aromatic heterocycles. The molecule has 0 aliphatic rings. The van der Waals surface area contributed by atoms with Crippen LogP contribution in [0.2, 0.25) is 0 Å². The molecule has 0 spiro atoms. The third kappa shape index (κ3) is 3.74. The number of rotatable bonds is 7. The Morgan fingerprint density at radius 3 is 3.06 bits per heavy atom. The number of nitrogens with one attached hydrogen (secondary N) is 1. The van der Waals surface area contributed by atoms with Crippen LogP contribution in [0.5, 0.6) is 0 Å². The molecular formula is C10H14N4S3. The summed E-state index contributed by atoms with van der Waals surface area (Å²) in [4.78, 5) is 8.47. The summed E-state index contributed by atoms with van der Waals surface area (Å²) in [5.41, 5.74) is 6.43. The van der Waals surface area contributed by atoms with E-state index in [0.29, 0.717) is 0 Å². The maximum atomic E-state index is 5.42. The second kappa shape index (κ2) is 7.05. The van der Waals surface area contributed by atoms with Crippen LogP contribution in [-0.4, -0.2) is 34.6 Å². The van der Waals surface area contributed by atoms with Crippen molar-refractivity contribution in [2.45, 2.75) is 0 Å². The van der Waals surface area contributed by atoms with Gasteiger partial charge in [0, 0.05) is 24.6 Å². The monoisotopic (exact) mass is 286 g/mol. The standard InChI is InChI=1S/C10H14N4S3/c11-2-5-16-17-6-3-12-10-9-8(1-4-15-9)13-7-14-10/h1,4,7H,2-3,5-6,11H2,(H,12,13,14). The van der Waals surface area contributed by atoms with Crippen LogP contribution < -0.4 is 11.1 Å². The lowest BCUT2D eigenvalue weighted by molar-refractivity contribution is 1.15. The van der Waals surface area contributed by atoms with Gasteiger partial charge in [-0.15, -0.1) is 11.3 Å². The van der Waals surface area contributed by atoms with Crippen LogP contribution in [0.25, 0.3) is 10.2 Å². The molecule has 0 bridgehead atoms. The van der Waals surface area contributed by atoms with Gasteiger partial charge >= 0.3 is 0 Å². The Morgan fingerprint density at radius 2 is 2.18 bits per heavy atom. The zero-order chi connectivity index (χ0) is 11.9. The van der Waals surface area contributed by atoms with Gasteiger partial charge in [-0.3, -0.25) is 0 Å². The number of anilines is 1. The number of nitrogens with zero attached hydrogens (tertiary/aromatic N) is 2. The predicted molar refractivity (Wildman–Crippen MR) is 79.9 cm³/mol. The van der Waals surface area contributed by atoms with E-state index in [2.05, 4.69) is 15.3 Å². The highest BCUT2D eigenvalue weighted by atomic mass is 33.1. The maximum Gasteiger partial charge on any atom is 0.147 e. The Morgan fingerprint density at radius 1 is 1.29 bits per heavy atom. The molecule has 0 radical (unpaired) electrons. The molecule has 0 unspecified atom stereocenters. The van der Waals surface area contributed by atoms with Crippen molar-refractivity contribution < 1.29 is 0 Å². The van der Waals surface area contributed by atoms with E-state index in [1.165, 1.54) is 0 Å². The van der Waals surface area contributed by atoms with E-state index in [1.54, 1.807) is 17.7 Å². The molecule has 0 aliphatic carbocycles. The van der Waals surface area contributed by atoms with Crippen molar-refractivity contribution in [3.05, 3.63) is 17.8 Å². The minimum Gasteiger partial charge on any atom is -0.368 e. The van der Waals surface area contributed by atoms with Crippen LogP contribution in [0.4, 0.5) is 5.82 Å². The van der Waals surface area contributed by atoms with Gasteiger partial charge in [-0.05, 0) is 11.4 Å². The topological polar surface area (TPSA) is 63.8 Å². The summed E-state index contributed by atoms with van der Waals surface area (Å²) in [5, 5.41) is 5.38. The van der Waals surface area contributed by atoms with Gasteiger partial charge < -0.3 is 11.1 Å². The summed E-state index contributed by atoms with van der Waals surface area (Å²) < 4.78 is 1.13. The van der Waals surface area contributed by atoms with Gasteiger partial charge in [0.1, 0.15) is 12.1 Å². The Kier molecular flexibility index (Phi) is 5.37. The fourth-order valence-electron chi connectivity index (χ4n) is 1.29. The van der Waals surface area contributed by atoms with Crippen molar-refractivity contribution in [1.82, 2.24) is 9.97 Å². The lowest BCUT2D eigenvalue weighted by Crippen LogP contribution is -2.06. The lowest BCUT2D eigenvalue weighted by Gasteiger charge is -2.05. The van der Waals surface area contributed by atoms with Gasteiger partial charge in [-0.25, -0.2) is 9.97 Å². The molecule has 17 heavy (non-hydrogen) atoms. The molecule has 0 saturated carbocycles. The summed E-state index contributed by atoms with van der Waals surface area (Å²) in [5.74, 6) is 2.99. The van der Waals surface area contributed by atoms with E-state index < -0.39 is 0 Å². The van der Waals surface area contributed by atoms with Gasteiger partial charge in [0.2, 0.25) is 0 Å². The zero-order valence-corrected chi connectivity index (χ0v) is 11.7. The van der Waals surface area contributed by atoms with Crippen LogP contribution in [0.3, 0.4) is 0 Å². The molecule has 3 N–H and O–H groups in total. The van der Waals surface area contributed by atoms with Crippen molar-refractivity contribution in [1.29, 1.82) is 0 Å². The minimum atomic E-state index is 0.743. The highest BCUT2D eigenvalue weighted by Gasteiger charge is 2.03. The maximum absolute atomic E-state index is 5.42. The van der Waals surface area contributed by atoms with E-state index in [1.807, 2.05) is 33.0 Å². The summed E-state index contributed by atoms with van der Waals surface area (Å²) in [6.07, 6.45) is 1.60. The summed E-state index contributed by atoms with van der Waals surface area (Å²) in [6, 6.07) is 2.01. The predicted octanol–water partition coefficient (Wildman–Crippen LogP) is 2.44. The average Bonchev–Trinajstić information content (AvgIpc) is 2.82. The first-order valence-electron chi connectivity index (χ1n) is 5.28. The fraction of sp³-hybridized carbons (Fsp3) is 0.400. The molecule has 2 rings (SSSR count). The number of fused-ring (bicyclic) bond motifs is 1. The van der Waals surface area contributed by atoms with Crippen molar-refractivity contribution in [3.8, 4) is 0 Å². The van der Waals surface area contributed by atoms with Crippen LogP contribution in [-0.2, 0) is 0 Å². The summed E-state index contributed by atoms with van der Waals surface area (Å²) in [7, 11) is 3.65. The quantitative estimate of drug-likeness (QED) is 0.602. The van der Waals surface area contributed by atoms with Crippen molar-refractivity contribution >= 4 is 49.0 Å². The molecule has 4 nitrogen and oxygen atoms in total. The minimum absolute atomic E-state index is 0.743. The van der Waals surface area contributed by atoms with E-state index in [0.717, 1.165) is 40.6 Å². The molecule has 0 amide bonds. The third-order valence-electron chi connectivity index (χ3n) is 2.01. The Hall–Kier alpha value is -0.500. The van der Waals surface area contributed by atoms with Gasteiger partial charge in [-0.2, -0.15) is 0 Å². The molecule has 92 valence electrons. The highest BCUT2D eigenvalue weighted by Crippen LogP contribution is 2.25. The SMILES string of the molecule is NCCSSCCNc1ncnc2ccsc12. The first kappa shape index (κ1) is 12.9. The molecule has 2 heterocycles. The molecule has 7 heteroatoms. The van der Waals surface area contributed by atoms with E-state index >= 15 is 0 Å².